The maximum Gasteiger partial charge on any atom is 0.340 e. The molecule has 3 rings (SSSR count). The van der Waals surface area contributed by atoms with E-state index < -0.39 is 17.4 Å². The molecule has 0 fully saturated rings. The lowest BCUT2D eigenvalue weighted by Crippen LogP contribution is -2.25. The van der Waals surface area contributed by atoms with Gasteiger partial charge in [0.05, 0.1) is 17.9 Å². The van der Waals surface area contributed by atoms with E-state index in [4.69, 9.17) is 16.3 Å². The van der Waals surface area contributed by atoms with Crippen molar-refractivity contribution in [2.24, 2.45) is 0 Å². The number of carbonyl (C=O) groups excluding carboxylic acids is 2. The predicted molar refractivity (Wildman–Crippen MR) is 106 cm³/mol. The standard InChI is InChI=1S/C20H16ClN3O4/c1-2-28-20(27)14-5-3-4-6-16(14)23-18(25)15-11-22-17(24-19(15)26)12-7-9-13(21)10-8-12/h3-11H,2H2,1H3,(H,23,25)(H,22,24,26). The van der Waals surface area contributed by atoms with Crippen molar-refractivity contribution in [1.82, 2.24) is 9.97 Å². The van der Waals surface area contributed by atoms with Crippen molar-refractivity contribution in [1.29, 1.82) is 0 Å². The summed E-state index contributed by atoms with van der Waals surface area (Å²) in [6, 6.07) is 13.1. The van der Waals surface area contributed by atoms with E-state index in [1.807, 2.05) is 0 Å². The molecule has 2 N–H and O–H groups in total. The first-order chi connectivity index (χ1) is 13.5. The maximum atomic E-state index is 12.5. The average molecular weight is 398 g/mol. The quantitative estimate of drug-likeness (QED) is 0.641. The second kappa shape index (κ2) is 8.49. The Bertz CT molecular complexity index is 1080. The number of aromatic nitrogens is 2. The normalized spacial score (nSPS) is 10.4. The average Bonchev–Trinajstić information content (AvgIpc) is 2.69. The van der Waals surface area contributed by atoms with Crippen LogP contribution in [0.2, 0.25) is 5.02 Å². The highest BCUT2D eigenvalue weighted by molar-refractivity contribution is 6.30. The summed E-state index contributed by atoms with van der Waals surface area (Å²) >= 11 is 5.85. The molecule has 3 aromatic rings. The van der Waals surface area contributed by atoms with Crippen molar-refractivity contribution in [3.8, 4) is 11.4 Å². The van der Waals surface area contributed by atoms with Gasteiger partial charge in [-0.25, -0.2) is 9.78 Å². The van der Waals surface area contributed by atoms with E-state index in [0.717, 1.165) is 0 Å². The van der Waals surface area contributed by atoms with Gasteiger partial charge in [-0.1, -0.05) is 23.7 Å². The Morgan fingerprint density at radius 2 is 1.82 bits per heavy atom. The highest BCUT2D eigenvalue weighted by atomic mass is 35.5. The zero-order valence-electron chi connectivity index (χ0n) is 14.9. The van der Waals surface area contributed by atoms with Gasteiger partial charge in [-0.05, 0) is 43.3 Å². The number of anilines is 1. The van der Waals surface area contributed by atoms with E-state index in [0.29, 0.717) is 16.4 Å². The number of para-hydroxylation sites is 1. The summed E-state index contributed by atoms with van der Waals surface area (Å²) in [7, 11) is 0. The second-order valence-corrected chi connectivity index (χ2v) is 6.14. The fourth-order valence-corrected chi connectivity index (χ4v) is 2.61. The Kier molecular flexibility index (Phi) is 5.86. The van der Waals surface area contributed by atoms with Gasteiger partial charge in [0.1, 0.15) is 11.4 Å². The molecule has 142 valence electrons. The van der Waals surface area contributed by atoms with Gasteiger partial charge in [0.2, 0.25) is 0 Å². The molecule has 0 atom stereocenters. The minimum absolute atomic E-state index is 0.184. The molecule has 0 radical (unpaired) electrons. The minimum Gasteiger partial charge on any atom is -0.462 e. The van der Waals surface area contributed by atoms with Gasteiger partial charge in [-0.2, -0.15) is 0 Å². The van der Waals surface area contributed by atoms with E-state index >= 15 is 0 Å². The molecule has 0 bridgehead atoms. The summed E-state index contributed by atoms with van der Waals surface area (Å²) in [6.07, 6.45) is 1.19. The third kappa shape index (κ3) is 4.27. The molecular weight excluding hydrogens is 382 g/mol. The van der Waals surface area contributed by atoms with Crippen LogP contribution in [-0.2, 0) is 4.74 Å². The third-order valence-electron chi connectivity index (χ3n) is 3.83. The Morgan fingerprint density at radius 3 is 2.50 bits per heavy atom. The Morgan fingerprint density at radius 1 is 1.11 bits per heavy atom. The Balaban J connectivity index is 1.85. The summed E-state index contributed by atoms with van der Waals surface area (Å²) in [6.45, 7) is 1.89. The van der Waals surface area contributed by atoms with Gasteiger partial charge in [0.15, 0.2) is 0 Å². The molecule has 1 amide bonds. The largest absolute Gasteiger partial charge is 0.462 e. The van der Waals surface area contributed by atoms with Gasteiger partial charge in [-0.15, -0.1) is 0 Å². The third-order valence-corrected chi connectivity index (χ3v) is 4.08. The number of esters is 1. The smallest absolute Gasteiger partial charge is 0.340 e. The molecule has 28 heavy (non-hydrogen) atoms. The van der Waals surface area contributed by atoms with Gasteiger partial charge in [0, 0.05) is 16.8 Å². The Hall–Kier alpha value is -3.45. The van der Waals surface area contributed by atoms with Crippen LogP contribution in [0, 0.1) is 0 Å². The van der Waals surface area contributed by atoms with Crippen molar-refractivity contribution in [3.05, 3.63) is 81.2 Å². The molecule has 0 saturated heterocycles. The van der Waals surface area contributed by atoms with E-state index in [1.165, 1.54) is 12.3 Å². The fraction of sp³-hybridized carbons (Fsp3) is 0.100. The number of hydrogen-bond donors (Lipinski definition) is 2. The highest BCUT2D eigenvalue weighted by Crippen LogP contribution is 2.18. The van der Waals surface area contributed by atoms with Gasteiger partial charge < -0.3 is 15.0 Å². The summed E-state index contributed by atoms with van der Waals surface area (Å²) in [4.78, 5) is 43.6. The fourth-order valence-electron chi connectivity index (χ4n) is 2.48. The SMILES string of the molecule is CCOC(=O)c1ccccc1NC(=O)c1cnc(-c2ccc(Cl)cc2)[nH]c1=O. The topological polar surface area (TPSA) is 101 Å². The first kappa shape index (κ1) is 19.3. The zero-order valence-corrected chi connectivity index (χ0v) is 15.6. The molecule has 0 aliphatic heterocycles. The van der Waals surface area contributed by atoms with E-state index in [2.05, 4.69) is 15.3 Å². The first-order valence-electron chi connectivity index (χ1n) is 8.42. The van der Waals surface area contributed by atoms with Crippen LogP contribution < -0.4 is 10.9 Å². The molecular formula is C20H16ClN3O4. The number of carbonyl (C=O) groups is 2. The van der Waals surface area contributed by atoms with Crippen LogP contribution in [0.4, 0.5) is 5.69 Å². The summed E-state index contributed by atoms with van der Waals surface area (Å²) in [5.74, 6) is -0.943. The highest BCUT2D eigenvalue weighted by Gasteiger charge is 2.17. The summed E-state index contributed by atoms with van der Waals surface area (Å²) in [5.41, 5.74) is 0.301. The first-order valence-corrected chi connectivity index (χ1v) is 8.80. The lowest BCUT2D eigenvalue weighted by atomic mass is 10.1. The van der Waals surface area contributed by atoms with Crippen LogP contribution in [0.5, 0.6) is 0 Å². The summed E-state index contributed by atoms with van der Waals surface area (Å²) in [5, 5.41) is 3.11. The van der Waals surface area contributed by atoms with Gasteiger partial charge in [-0.3, -0.25) is 9.59 Å². The molecule has 1 aromatic heterocycles. The van der Waals surface area contributed by atoms with Crippen molar-refractivity contribution in [2.75, 3.05) is 11.9 Å². The number of nitrogens with zero attached hydrogens (tertiary/aromatic N) is 1. The number of rotatable bonds is 5. The van der Waals surface area contributed by atoms with E-state index in [9.17, 15) is 14.4 Å². The number of nitrogens with one attached hydrogen (secondary N) is 2. The number of amides is 1. The van der Waals surface area contributed by atoms with Crippen LogP contribution in [0.3, 0.4) is 0 Å². The van der Waals surface area contributed by atoms with Crippen LogP contribution in [0.15, 0.2) is 59.5 Å². The second-order valence-electron chi connectivity index (χ2n) is 5.70. The maximum absolute atomic E-state index is 12.5. The van der Waals surface area contributed by atoms with Gasteiger partial charge >= 0.3 is 5.97 Å². The van der Waals surface area contributed by atoms with Crippen LogP contribution >= 0.6 is 11.6 Å². The minimum atomic E-state index is -0.687. The van der Waals surface area contributed by atoms with Crippen LogP contribution in [0.1, 0.15) is 27.6 Å². The van der Waals surface area contributed by atoms with Gasteiger partial charge in [0.25, 0.3) is 11.5 Å². The number of H-pyrrole nitrogens is 1. The molecule has 0 aliphatic rings. The lowest BCUT2D eigenvalue weighted by Gasteiger charge is -2.10. The molecule has 0 spiro atoms. The van der Waals surface area contributed by atoms with Crippen molar-refractivity contribution in [3.63, 3.8) is 0 Å². The number of hydrogen-bond acceptors (Lipinski definition) is 5. The molecule has 2 aromatic carbocycles. The number of ether oxygens (including phenoxy) is 1. The lowest BCUT2D eigenvalue weighted by molar-refractivity contribution is 0.0527. The number of benzene rings is 2. The van der Waals surface area contributed by atoms with E-state index in [-0.39, 0.29) is 23.4 Å². The van der Waals surface area contributed by atoms with Crippen molar-refractivity contribution < 1.29 is 14.3 Å². The monoisotopic (exact) mass is 397 g/mol. The molecule has 0 unspecified atom stereocenters. The molecule has 1 heterocycles. The zero-order chi connectivity index (χ0) is 20.1. The summed E-state index contributed by atoms with van der Waals surface area (Å²) < 4.78 is 4.97. The predicted octanol–water partition coefficient (Wildman–Crippen LogP) is 3.52. The van der Waals surface area contributed by atoms with Crippen LogP contribution in [-0.4, -0.2) is 28.5 Å². The van der Waals surface area contributed by atoms with Crippen LogP contribution in [0.25, 0.3) is 11.4 Å². The molecule has 0 saturated carbocycles. The van der Waals surface area contributed by atoms with E-state index in [1.54, 1.807) is 49.4 Å². The molecule has 0 aliphatic carbocycles. The van der Waals surface area contributed by atoms with Crippen molar-refractivity contribution in [2.45, 2.75) is 6.92 Å². The number of halogens is 1. The molecule has 8 heteroatoms. The van der Waals surface area contributed by atoms with Crippen molar-refractivity contribution >= 4 is 29.2 Å². The molecule has 7 nitrogen and oxygen atoms in total. The Labute approximate surface area is 165 Å². The number of aromatic amines is 1.